The summed E-state index contributed by atoms with van der Waals surface area (Å²) in [4.78, 5) is 37.5. The number of hydrogen-bond donors (Lipinski definition) is 2. The van der Waals surface area contributed by atoms with E-state index in [1.165, 1.54) is 0 Å². The molecule has 0 aromatic rings. The molecule has 0 aliphatic heterocycles. The Morgan fingerprint density at radius 3 is 1.52 bits per heavy atom. The fraction of sp³-hybridized carbons (Fsp3) is 0.812. The molecule has 0 radical (unpaired) electrons. The van der Waals surface area contributed by atoms with Crippen molar-refractivity contribution in [2.75, 3.05) is 0 Å². The van der Waals surface area contributed by atoms with Gasteiger partial charge in [0.1, 0.15) is 6.29 Å². The number of aldehydes is 1. The van der Waals surface area contributed by atoms with Crippen LogP contribution in [0.1, 0.15) is 45.4 Å². The smallest absolute Gasteiger partial charge is 0.259 e. The van der Waals surface area contributed by atoms with Crippen molar-refractivity contribution in [1.29, 1.82) is 0 Å². The third-order valence-corrected chi connectivity index (χ3v) is 8.05. The van der Waals surface area contributed by atoms with Crippen LogP contribution < -0.4 is 10.6 Å². The zero-order valence-electron chi connectivity index (χ0n) is 14.3. The molecule has 0 aromatic heterocycles. The Morgan fingerprint density at radius 1 is 0.778 bits per heavy atom. The highest BCUT2D eigenvalue weighted by atomic mass is 80.0. The maximum Gasteiger partial charge on any atom is 0.259 e. The van der Waals surface area contributed by atoms with Gasteiger partial charge in [-0.25, -0.2) is 0 Å². The molecule has 27 heavy (non-hydrogen) atoms. The van der Waals surface area contributed by atoms with Crippen molar-refractivity contribution in [3.8, 4) is 0 Å². The van der Waals surface area contributed by atoms with Crippen LogP contribution in [0.3, 0.4) is 0 Å². The van der Waals surface area contributed by atoms with Gasteiger partial charge in [0.15, 0.2) is 0 Å². The van der Waals surface area contributed by atoms with Crippen LogP contribution >= 0.6 is 95.6 Å². The Kier molecular flexibility index (Phi) is 6.01. The van der Waals surface area contributed by atoms with E-state index in [-0.39, 0.29) is 17.2 Å². The van der Waals surface area contributed by atoms with Gasteiger partial charge in [-0.05, 0) is 140 Å². The second kappa shape index (κ2) is 7.00. The Bertz CT molecular complexity index is 657. The van der Waals surface area contributed by atoms with E-state index >= 15 is 0 Å². The molecule has 4 aliphatic rings. The van der Waals surface area contributed by atoms with E-state index in [1.54, 1.807) is 0 Å². The highest BCUT2D eigenvalue weighted by Crippen LogP contribution is 2.67. The summed E-state index contributed by atoms with van der Waals surface area (Å²) in [5.41, 5.74) is -1.80. The predicted octanol–water partition coefficient (Wildman–Crippen LogP) is 4.95. The number of carbonyl (C=O) groups is 3. The van der Waals surface area contributed by atoms with Crippen LogP contribution in [0.2, 0.25) is 0 Å². The van der Waals surface area contributed by atoms with E-state index in [1.807, 2.05) is 0 Å². The lowest BCUT2D eigenvalue weighted by molar-refractivity contribution is -0.164. The van der Waals surface area contributed by atoms with Gasteiger partial charge in [-0.3, -0.25) is 9.59 Å². The molecule has 0 spiro atoms. The first-order valence-corrected chi connectivity index (χ1v) is 13.1. The second-order valence-electron chi connectivity index (χ2n) is 8.82. The number of carbonyl (C=O) groups excluding carboxylic acids is 3. The first-order chi connectivity index (χ1) is 12.1. The van der Waals surface area contributed by atoms with Gasteiger partial charge in [-0.1, -0.05) is 6.92 Å². The van der Waals surface area contributed by atoms with E-state index in [9.17, 15) is 14.4 Å². The van der Waals surface area contributed by atoms with Crippen molar-refractivity contribution in [2.24, 2.45) is 10.8 Å². The van der Waals surface area contributed by atoms with Crippen LogP contribution in [0.5, 0.6) is 0 Å². The third kappa shape index (κ3) is 4.57. The Balaban J connectivity index is 1.99. The molecule has 5 nitrogen and oxygen atoms in total. The quantitative estimate of drug-likeness (QED) is 0.316. The number of nitrogens with one attached hydrogen (secondary N) is 2. The molecule has 2 N–H and O–H groups in total. The Morgan fingerprint density at radius 2 is 1.19 bits per heavy atom. The molecule has 2 amide bonds. The van der Waals surface area contributed by atoms with E-state index < -0.39 is 20.8 Å². The van der Waals surface area contributed by atoms with E-state index in [0.29, 0.717) is 19.3 Å². The average molecular weight is 766 g/mol. The van der Waals surface area contributed by atoms with Gasteiger partial charge in [0.05, 0.1) is 0 Å². The fourth-order valence-corrected chi connectivity index (χ4v) is 6.84. The second-order valence-corrected chi connectivity index (χ2v) is 22.3. The number of halogens is 6. The number of alkyl halides is 6. The predicted molar refractivity (Wildman–Crippen MR) is 125 cm³/mol. The van der Waals surface area contributed by atoms with Gasteiger partial charge >= 0.3 is 0 Å². The minimum atomic E-state index is -1.07. The molecule has 0 saturated heterocycles. The van der Waals surface area contributed by atoms with Gasteiger partial charge in [0.25, 0.3) is 11.8 Å². The largest absolute Gasteiger partial charge is 0.348 e. The van der Waals surface area contributed by atoms with Gasteiger partial charge in [-0.2, -0.15) is 0 Å². The van der Waals surface area contributed by atoms with Crippen LogP contribution in [-0.4, -0.2) is 33.5 Å². The molecule has 4 fully saturated rings. The Hall–Kier alpha value is 1.49. The Labute approximate surface area is 208 Å². The zero-order chi connectivity index (χ0) is 20.5. The molecule has 4 saturated carbocycles. The van der Waals surface area contributed by atoms with Gasteiger partial charge < -0.3 is 15.4 Å². The highest BCUT2D eigenvalue weighted by molar-refractivity contribution is 9.40. The molecule has 4 rings (SSSR count). The van der Waals surface area contributed by atoms with Gasteiger partial charge in [0, 0.05) is 16.5 Å². The van der Waals surface area contributed by atoms with Crippen LogP contribution in [-0.2, 0) is 14.4 Å². The summed E-state index contributed by atoms with van der Waals surface area (Å²) in [7, 11) is 0. The first kappa shape index (κ1) is 23.2. The van der Waals surface area contributed by atoms with Crippen LogP contribution in [0.15, 0.2) is 0 Å². The summed E-state index contributed by atoms with van der Waals surface area (Å²) in [6.07, 6.45) is 5.16. The molecule has 4 aliphatic carbocycles. The topological polar surface area (TPSA) is 75.3 Å². The minimum absolute atomic E-state index is 0.141. The lowest BCUT2D eigenvalue weighted by Gasteiger charge is -2.68. The minimum Gasteiger partial charge on any atom is -0.348 e. The molecular formula is C16H18Br6N2O3. The van der Waals surface area contributed by atoms with Gasteiger partial charge in [-0.15, -0.1) is 0 Å². The summed E-state index contributed by atoms with van der Waals surface area (Å²) in [6.45, 7) is 2.15. The molecule has 2 atom stereocenters. The molecule has 0 aromatic carbocycles. The van der Waals surface area contributed by atoms with Crippen molar-refractivity contribution in [1.82, 2.24) is 10.6 Å². The molecule has 152 valence electrons. The SMILES string of the molecule is CC12CC3(C=O)CC(NC(=O)C(Br)(Br)Br)(C1)CC(NC(=O)C(Br)(Br)Br)(C2)C3. The normalized spacial score (nSPS) is 40.6. The zero-order valence-corrected chi connectivity index (χ0v) is 23.8. The molecule has 11 heteroatoms. The standard InChI is InChI=1S/C16H18Br6N2O3/c1-11-2-12(8-25)5-13(3-11,23-9(26)15(17,18)19)7-14(4-11,6-12)24-10(27)16(20,21)22/h8H,2-7H2,1H3,(H,23,26)(H,24,27). The van der Waals surface area contributed by atoms with Crippen LogP contribution in [0, 0.1) is 10.8 Å². The number of hydrogen-bond acceptors (Lipinski definition) is 3. The molecule has 0 heterocycles. The van der Waals surface area contributed by atoms with E-state index in [2.05, 4.69) is 113 Å². The lowest BCUT2D eigenvalue weighted by atomic mass is 9.40. The van der Waals surface area contributed by atoms with E-state index in [0.717, 1.165) is 25.5 Å². The van der Waals surface area contributed by atoms with Crippen molar-refractivity contribution in [3.63, 3.8) is 0 Å². The molecule has 2 unspecified atom stereocenters. The first-order valence-electron chi connectivity index (χ1n) is 8.31. The molecule has 4 bridgehead atoms. The highest BCUT2D eigenvalue weighted by Gasteiger charge is 2.68. The molecular weight excluding hydrogens is 748 g/mol. The fourth-order valence-electron chi connectivity index (χ4n) is 6.24. The van der Waals surface area contributed by atoms with Crippen molar-refractivity contribution in [3.05, 3.63) is 0 Å². The van der Waals surface area contributed by atoms with Crippen molar-refractivity contribution in [2.45, 2.75) is 60.8 Å². The third-order valence-electron chi connectivity index (χ3n) is 5.89. The average Bonchev–Trinajstić information content (AvgIpc) is 2.41. The summed E-state index contributed by atoms with van der Waals surface area (Å²) < 4.78 is -2.14. The summed E-state index contributed by atoms with van der Waals surface area (Å²) in [6, 6.07) is 0. The van der Waals surface area contributed by atoms with Gasteiger partial charge in [0.2, 0.25) is 4.29 Å². The van der Waals surface area contributed by atoms with Crippen LogP contribution in [0.25, 0.3) is 0 Å². The summed E-state index contributed by atoms with van der Waals surface area (Å²) >= 11 is 19.6. The van der Waals surface area contributed by atoms with Crippen molar-refractivity contribution < 1.29 is 14.4 Å². The van der Waals surface area contributed by atoms with Crippen molar-refractivity contribution >= 4 is 114 Å². The monoisotopic (exact) mass is 760 g/mol. The maximum absolute atomic E-state index is 12.7. The maximum atomic E-state index is 12.7. The lowest BCUT2D eigenvalue weighted by Crippen LogP contribution is -2.75. The summed E-state index contributed by atoms with van der Waals surface area (Å²) in [5, 5.41) is 6.32. The van der Waals surface area contributed by atoms with E-state index in [4.69, 9.17) is 0 Å². The summed E-state index contributed by atoms with van der Waals surface area (Å²) in [5.74, 6) is -0.516. The number of rotatable bonds is 3. The number of amides is 2. The van der Waals surface area contributed by atoms with Crippen LogP contribution in [0.4, 0.5) is 0 Å².